The Bertz CT molecular complexity index is 928. The smallest absolute Gasteiger partial charge is 0.407 e. The molecule has 4 nitrogen and oxygen atoms in total. The highest BCUT2D eigenvalue weighted by Gasteiger charge is 2.33. The molecular formula is C20H17ClFNO3. The Kier molecular flexibility index (Phi) is 4.11. The molecule has 2 aliphatic rings. The number of benzene rings is 2. The number of nitrogens with zero attached hydrogens (tertiary/aromatic N) is 1. The van der Waals surface area contributed by atoms with E-state index in [4.69, 9.17) is 16.3 Å². The van der Waals surface area contributed by atoms with E-state index >= 15 is 0 Å². The minimum atomic E-state index is -0.951. The van der Waals surface area contributed by atoms with E-state index in [2.05, 4.69) is 0 Å². The second-order valence-electron chi connectivity index (χ2n) is 6.52. The normalized spacial score (nSPS) is 21.0. The molecule has 4 rings (SSSR count). The second kappa shape index (κ2) is 6.32. The van der Waals surface area contributed by atoms with Gasteiger partial charge in [0, 0.05) is 28.3 Å². The molecule has 0 spiro atoms. The number of hydrogen-bond donors (Lipinski definition) is 1. The highest BCUT2D eigenvalue weighted by molar-refractivity contribution is 6.30. The van der Waals surface area contributed by atoms with E-state index in [1.54, 1.807) is 18.2 Å². The van der Waals surface area contributed by atoms with Crippen molar-refractivity contribution in [3.63, 3.8) is 0 Å². The summed E-state index contributed by atoms with van der Waals surface area (Å²) in [6, 6.07) is 8.15. The minimum Gasteiger partial charge on any atom is -0.480 e. The van der Waals surface area contributed by atoms with Crippen LogP contribution in [0.2, 0.25) is 5.02 Å². The molecule has 2 aromatic rings. The van der Waals surface area contributed by atoms with E-state index in [-0.39, 0.29) is 6.04 Å². The Morgan fingerprint density at radius 2 is 2.15 bits per heavy atom. The summed E-state index contributed by atoms with van der Waals surface area (Å²) in [6.07, 6.45) is 2.78. The predicted molar refractivity (Wildman–Crippen MR) is 97.1 cm³/mol. The van der Waals surface area contributed by atoms with Gasteiger partial charge >= 0.3 is 6.09 Å². The van der Waals surface area contributed by atoms with Crippen LogP contribution in [0, 0.1) is 5.82 Å². The van der Waals surface area contributed by atoms with Crippen LogP contribution in [0.3, 0.4) is 0 Å². The number of hydrogen-bond acceptors (Lipinski definition) is 2. The molecule has 1 N–H and O–H groups in total. The first-order valence-electron chi connectivity index (χ1n) is 8.41. The fourth-order valence-electron chi connectivity index (χ4n) is 3.70. The Labute approximate surface area is 155 Å². The third-order valence-electron chi connectivity index (χ3n) is 5.03. The maximum Gasteiger partial charge on any atom is 0.407 e. The van der Waals surface area contributed by atoms with E-state index in [1.165, 1.54) is 11.0 Å². The molecule has 0 fully saturated rings. The topological polar surface area (TPSA) is 49.8 Å². The van der Waals surface area contributed by atoms with Crippen molar-refractivity contribution in [3.05, 3.63) is 69.5 Å². The van der Waals surface area contributed by atoms with Crippen molar-refractivity contribution >= 4 is 23.8 Å². The monoisotopic (exact) mass is 373 g/mol. The average Bonchev–Trinajstić information content (AvgIpc) is 2.61. The summed E-state index contributed by atoms with van der Waals surface area (Å²) in [5, 5.41) is 9.77. The fourth-order valence-corrected chi connectivity index (χ4v) is 3.86. The molecule has 0 radical (unpaired) electrons. The molecule has 1 unspecified atom stereocenters. The van der Waals surface area contributed by atoms with Gasteiger partial charge in [-0.25, -0.2) is 9.18 Å². The fraction of sp³-hybridized carbons (Fsp3) is 0.250. The van der Waals surface area contributed by atoms with Gasteiger partial charge in [0.25, 0.3) is 0 Å². The van der Waals surface area contributed by atoms with Gasteiger partial charge in [-0.15, -0.1) is 0 Å². The standard InChI is InChI=1S/C20H17ClFNO3/c1-11-18-12(8-9-23(11)20(24)25)2-3-13-4-7-17(26-19(13)18)15-6-5-14(21)10-16(15)22/h2-7,10-11,17H,8-9H2,1H3,(H,24,25)/t11?,17-/m1/s1. The Hall–Kier alpha value is -2.53. The van der Waals surface area contributed by atoms with Crippen molar-refractivity contribution in [2.24, 2.45) is 0 Å². The summed E-state index contributed by atoms with van der Waals surface area (Å²) in [5.74, 6) is 0.198. The molecule has 0 bridgehead atoms. The van der Waals surface area contributed by atoms with Gasteiger partial charge in [-0.1, -0.05) is 35.9 Å². The lowest BCUT2D eigenvalue weighted by Gasteiger charge is -2.36. The molecule has 26 heavy (non-hydrogen) atoms. The molecule has 0 saturated heterocycles. The van der Waals surface area contributed by atoms with Gasteiger partial charge in [-0.3, -0.25) is 0 Å². The average molecular weight is 374 g/mol. The Morgan fingerprint density at radius 3 is 2.88 bits per heavy atom. The molecule has 134 valence electrons. The van der Waals surface area contributed by atoms with Crippen LogP contribution < -0.4 is 4.74 Å². The Morgan fingerprint density at radius 1 is 1.35 bits per heavy atom. The zero-order valence-corrected chi connectivity index (χ0v) is 14.8. The van der Waals surface area contributed by atoms with E-state index in [0.717, 1.165) is 16.7 Å². The van der Waals surface area contributed by atoms with Gasteiger partial charge in [0.2, 0.25) is 0 Å². The third kappa shape index (κ3) is 2.72. The van der Waals surface area contributed by atoms with Crippen molar-refractivity contribution in [1.29, 1.82) is 0 Å². The van der Waals surface area contributed by atoms with Crippen molar-refractivity contribution in [3.8, 4) is 5.75 Å². The molecule has 6 heteroatoms. The first-order valence-corrected chi connectivity index (χ1v) is 8.78. The molecule has 2 heterocycles. The van der Waals surface area contributed by atoms with E-state index in [9.17, 15) is 14.3 Å². The van der Waals surface area contributed by atoms with Gasteiger partial charge in [0.05, 0.1) is 6.04 Å². The predicted octanol–water partition coefficient (Wildman–Crippen LogP) is 5.22. The second-order valence-corrected chi connectivity index (χ2v) is 6.96. The number of fused-ring (bicyclic) bond motifs is 3. The van der Waals surface area contributed by atoms with Crippen molar-refractivity contribution in [2.75, 3.05) is 6.54 Å². The van der Waals surface area contributed by atoms with Crippen LogP contribution in [0.5, 0.6) is 5.75 Å². The van der Waals surface area contributed by atoms with E-state index < -0.39 is 18.0 Å². The van der Waals surface area contributed by atoms with Crippen LogP contribution in [0.1, 0.15) is 41.3 Å². The SMILES string of the molecule is CC1c2c(ccc3c2O[C@@H](c2ccc(Cl)cc2F)C=C3)CCN1C(=O)O. The minimum absolute atomic E-state index is 0.326. The number of amides is 1. The van der Waals surface area contributed by atoms with Crippen LogP contribution >= 0.6 is 11.6 Å². The van der Waals surface area contributed by atoms with E-state index in [0.29, 0.717) is 29.3 Å². The molecule has 0 saturated carbocycles. The largest absolute Gasteiger partial charge is 0.480 e. The van der Waals surface area contributed by atoms with Crippen molar-refractivity contribution in [1.82, 2.24) is 4.90 Å². The maximum atomic E-state index is 14.3. The maximum absolute atomic E-state index is 14.3. The highest BCUT2D eigenvalue weighted by Crippen LogP contribution is 2.43. The first kappa shape index (κ1) is 16.9. The first-order chi connectivity index (χ1) is 12.5. The van der Waals surface area contributed by atoms with Crippen molar-refractivity contribution < 1.29 is 19.0 Å². The quantitative estimate of drug-likeness (QED) is 0.745. The summed E-state index contributed by atoms with van der Waals surface area (Å²) in [4.78, 5) is 12.9. The molecular weight excluding hydrogens is 357 g/mol. The van der Waals surface area contributed by atoms with Gasteiger partial charge in [-0.2, -0.15) is 0 Å². The number of halogens is 2. The van der Waals surface area contributed by atoms with Crippen LogP contribution in [-0.2, 0) is 6.42 Å². The Balaban J connectivity index is 1.76. The van der Waals surface area contributed by atoms with Crippen LogP contribution in [0.15, 0.2) is 36.4 Å². The lowest BCUT2D eigenvalue weighted by Crippen LogP contribution is -2.38. The van der Waals surface area contributed by atoms with Crippen LogP contribution in [0.25, 0.3) is 6.08 Å². The number of carboxylic acid groups (broad SMARTS) is 1. The number of rotatable bonds is 1. The molecule has 0 aromatic heterocycles. The summed E-state index contributed by atoms with van der Waals surface area (Å²) in [7, 11) is 0. The summed E-state index contributed by atoms with van der Waals surface area (Å²) >= 11 is 5.84. The third-order valence-corrected chi connectivity index (χ3v) is 5.27. The molecule has 0 aliphatic carbocycles. The lowest BCUT2D eigenvalue weighted by atomic mass is 9.89. The van der Waals surface area contributed by atoms with Crippen LogP contribution in [0.4, 0.5) is 9.18 Å². The number of ether oxygens (including phenoxy) is 1. The zero-order valence-electron chi connectivity index (χ0n) is 14.1. The van der Waals surface area contributed by atoms with Gasteiger partial charge in [0.1, 0.15) is 17.7 Å². The zero-order chi connectivity index (χ0) is 18.4. The van der Waals surface area contributed by atoms with E-state index in [1.807, 2.05) is 25.1 Å². The van der Waals surface area contributed by atoms with Gasteiger partial charge in [-0.05, 0) is 37.1 Å². The van der Waals surface area contributed by atoms with Gasteiger partial charge < -0.3 is 14.7 Å². The lowest BCUT2D eigenvalue weighted by molar-refractivity contribution is 0.122. The van der Waals surface area contributed by atoms with Crippen LogP contribution in [-0.4, -0.2) is 22.6 Å². The number of carbonyl (C=O) groups is 1. The molecule has 2 aromatic carbocycles. The summed E-state index contributed by atoms with van der Waals surface area (Å²) < 4.78 is 20.5. The highest BCUT2D eigenvalue weighted by atomic mass is 35.5. The van der Waals surface area contributed by atoms with Crippen molar-refractivity contribution in [2.45, 2.75) is 25.5 Å². The summed E-state index contributed by atoms with van der Waals surface area (Å²) in [6.45, 7) is 2.30. The summed E-state index contributed by atoms with van der Waals surface area (Å²) in [5.41, 5.74) is 3.19. The molecule has 1 amide bonds. The molecule has 2 atom stereocenters. The van der Waals surface area contributed by atoms with Gasteiger partial charge in [0.15, 0.2) is 0 Å². The molecule has 2 aliphatic heterocycles.